The van der Waals surface area contributed by atoms with Gasteiger partial charge >= 0.3 is 0 Å². The van der Waals surface area contributed by atoms with Gasteiger partial charge < -0.3 is 9.84 Å². The molecule has 0 saturated heterocycles. The van der Waals surface area contributed by atoms with Gasteiger partial charge in [0.25, 0.3) is 0 Å². The molecule has 1 aliphatic rings. The fourth-order valence-corrected chi connectivity index (χ4v) is 8.86. The average molecular weight is 1010 g/mol. The molecule has 0 amide bonds. The molecule has 5 nitrogen and oxygen atoms in total. The summed E-state index contributed by atoms with van der Waals surface area (Å²) in [6.45, 7) is 24.2. The summed E-state index contributed by atoms with van der Waals surface area (Å²) in [5.41, 5.74) is 14.2. The van der Waals surface area contributed by atoms with Crippen LogP contribution in [0.5, 0.6) is 11.5 Å². The van der Waals surface area contributed by atoms with Crippen LogP contribution in [0.3, 0.4) is 0 Å². The Balaban J connectivity index is 0.00000544. The number of benzene rings is 6. The van der Waals surface area contributed by atoms with E-state index in [1.807, 2.05) is 24.4 Å². The van der Waals surface area contributed by atoms with E-state index in [4.69, 9.17) is 14.7 Å². The zero-order chi connectivity index (χ0) is 43.9. The van der Waals surface area contributed by atoms with Gasteiger partial charge in [0.05, 0.1) is 28.0 Å². The maximum atomic E-state index is 12.5. The number of ether oxygens (including phenoxy) is 1. The third-order valence-electron chi connectivity index (χ3n) is 12.4. The first-order valence-corrected chi connectivity index (χ1v) is 21.7. The van der Waals surface area contributed by atoms with Crippen LogP contribution in [0.4, 0.5) is 0 Å². The van der Waals surface area contributed by atoms with E-state index in [-0.39, 0.29) is 43.1 Å². The van der Waals surface area contributed by atoms with Crippen molar-refractivity contribution in [1.29, 1.82) is 0 Å². The third-order valence-corrected chi connectivity index (χ3v) is 12.4. The SMILES string of the molecule is CC(C)(C)c1ccc(-n2c(-c3cc(C(C)(C)C)cc(C(C)(C)C)c3O)nc3c(-c4[c-]c(-c5ccccn5)c5c(c4)-c4ccccc4C(C)(C)O5)cccc32)c(-c2ccccc2)c1.[Pt]. The Morgan fingerprint density at radius 3 is 1.97 bits per heavy atom. The van der Waals surface area contributed by atoms with Crippen LogP contribution in [-0.4, -0.2) is 19.6 Å². The molecule has 0 aliphatic carbocycles. The molecule has 0 radical (unpaired) electrons. The molecule has 322 valence electrons. The molecular weight excluding hydrogens is 954 g/mol. The minimum absolute atomic E-state index is 0. The Hall–Kier alpha value is -5.77. The smallest absolute Gasteiger partial charge is 0.148 e. The van der Waals surface area contributed by atoms with Gasteiger partial charge in [-0.25, -0.2) is 4.98 Å². The van der Waals surface area contributed by atoms with Crippen LogP contribution in [0.2, 0.25) is 0 Å². The summed E-state index contributed by atoms with van der Waals surface area (Å²) in [4.78, 5) is 10.5. The van der Waals surface area contributed by atoms with Gasteiger partial charge in [-0.2, -0.15) is 0 Å². The first-order valence-electron chi connectivity index (χ1n) is 21.7. The Morgan fingerprint density at radius 1 is 0.619 bits per heavy atom. The zero-order valence-electron chi connectivity index (χ0n) is 38.2. The van der Waals surface area contributed by atoms with Crippen molar-refractivity contribution in [3.8, 4) is 73.2 Å². The van der Waals surface area contributed by atoms with Gasteiger partial charge in [0.15, 0.2) is 0 Å². The Labute approximate surface area is 387 Å². The minimum Gasteiger partial charge on any atom is -0.518 e. The van der Waals surface area contributed by atoms with Crippen LogP contribution in [-0.2, 0) is 42.9 Å². The quantitative estimate of drug-likeness (QED) is 0.175. The van der Waals surface area contributed by atoms with E-state index in [1.54, 1.807) is 0 Å². The van der Waals surface area contributed by atoms with Crippen molar-refractivity contribution in [3.63, 3.8) is 0 Å². The third kappa shape index (κ3) is 7.84. The summed E-state index contributed by atoms with van der Waals surface area (Å²) in [6.07, 6.45) is 1.82. The predicted octanol–water partition coefficient (Wildman–Crippen LogP) is 14.8. The fourth-order valence-electron chi connectivity index (χ4n) is 8.86. The number of aromatic hydroxyl groups is 1. The van der Waals surface area contributed by atoms with E-state index in [0.29, 0.717) is 11.4 Å². The summed E-state index contributed by atoms with van der Waals surface area (Å²) >= 11 is 0. The Bertz CT molecular complexity index is 3000. The fraction of sp³-hybridized carbons (Fsp3) is 0.263. The van der Waals surface area contributed by atoms with Crippen molar-refractivity contribution in [1.82, 2.24) is 14.5 Å². The van der Waals surface area contributed by atoms with Gasteiger partial charge in [0.1, 0.15) is 17.2 Å². The van der Waals surface area contributed by atoms with Gasteiger partial charge in [0.2, 0.25) is 0 Å². The van der Waals surface area contributed by atoms with Crippen LogP contribution in [0.1, 0.15) is 98.4 Å². The van der Waals surface area contributed by atoms with Gasteiger partial charge in [-0.05, 0) is 88.2 Å². The number of hydrogen-bond acceptors (Lipinski definition) is 4. The number of imidazole rings is 1. The summed E-state index contributed by atoms with van der Waals surface area (Å²) in [5, 5.41) is 12.5. The van der Waals surface area contributed by atoms with E-state index in [0.717, 1.165) is 83.8 Å². The van der Waals surface area contributed by atoms with Crippen LogP contribution < -0.4 is 4.74 Å². The van der Waals surface area contributed by atoms with E-state index in [9.17, 15) is 5.11 Å². The van der Waals surface area contributed by atoms with Gasteiger partial charge in [-0.1, -0.05) is 164 Å². The second-order valence-electron chi connectivity index (χ2n) is 20.4. The van der Waals surface area contributed by atoms with Crippen molar-refractivity contribution in [2.24, 2.45) is 0 Å². The largest absolute Gasteiger partial charge is 0.518 e. The second-order valence-corrected chi connectivity index (χ2v) is 20.4. The molecule has 9 rings (SSSR count). The van der Waals surface area contributed by atoms with Crippen molar-refractivity contribution in [2.45, 2.75) is 98.0 Å². The number of fused-ring (bicyclic) bond motifs is 4. The van der Waals surface area contributed by atoms with Gasteiger partial charge in [-0.3, -0.25) is 9.55 Å². The van der Waals surface area contributed by atoms with Gasteiger partial charge in [-0.15, -0.1) is 17.7 Å². The molecule has 63 heavy (non-hydrogen) atoms. The molecule has 8 aromatic rings. The summed E-state index contributed by atoms with van der Waals surface area (Å²) in [6, 6.07) is 48.6. The normalized spacial score (nSPS) is 13.5. The topological polar surface area (TPSA) is 60.2 Å². The standard InChI is InChI=1S/C57H56N3O2.Pt/c1-54(2,3)37-27-28-48(41(32-37)35-20-13-12-14-21-35)60-49-26-19-23-39(50(49)59-53(60)44-33-38(55(4,5)6)34-46(51(44)61)56(7,8)9)36-30-42-40-22-15-16-24-45(40)57(10,11)62-52(42)43(31-36)47-25-17-18-29-58-47;/h12-30,32-34,61H,1-11H3;/q-1;. The molecular formula is C57H56N3O2Pt-. The van der Waals surface area contributed by atoms with E-state index < -0.39 is 5.60 Å². The van der Waals surface area contributed by atoms with Crippen LogP contribution in [0, 0.1) is 6.07 Å². The summed E-state index contributed by atoms with van der Waals surface area (Å²) in [7, 11) is 0. The minimum atomic E-state index is -0.565. The number of aromatic nitrogens is 3. The molecule has 1 aliphatic heterocycles. The van der Waals surface area contributed by atoms with Crippen LogP contribution in [0.25, 0.3) is 72.7 Å². The monoisotopic (exact) mass is 1010 g/mol. The molecule has 0 fully saturated rings. The molecule has 1 N–H and O–H groups in total. The predicted molar refractivity (Wildman–Crippen MR) is 256 cm³/mol. The Morgan fingerprint density at radius 2 is 1.29 bits per heavy atom. The first-order chi connectivity index (χ1) is 29.3. The molecule has 3 heterocycles. The Kier molecular flexibility index (Phi) is 11.0. The van der Waals surface area contributed by atoms with Crippen molar-refractivity contribution in [3.05, 3.63) is 162 Å². The number of hydrogen-bond donors (Lipinski definition) is 1. The van der Waals surface area contributed by atoms with E-state index in [1.165, 1.54) is 5.56 Å². The molecule has 6 aromatic carbocycles. The molecule has 6 heteroatoms. The number of pyridine rings is 1. The number of phenols is 1. The summed E-state index contributed by atoms with van der Waals surface area (Å²) in [5.74, 6) is 1.67. The number of nitrogens with zero attached hydrogens (tertiary/aromatic N) is 3. The number of para-hydroxylation sites is 1. The van der Waals surface area contributed by atoms with Gasteiger partial charge in [0, 0.05) is 49.6 Å². The molecule has 0 unspecified atom stereocenters. The average Bonchev–Trinajstić information content (AvgIpc) is 3.62. The number of phenolic OH excluding ortho intramolecular Hbond substituents is 1. The number of rotatable bonds is 5. The van der Waals surface area contributed by atoms with Crippen molar-refractivity contribution in [2.75, 3.05) is 0 Å². The van der Waals surface area contributed by atoms with Crippen molar-refractivity contribution < 1.29 is 30.9 Å². The first kappa shape index (κ1) is 43.9. The maximum absolute atomic E-state index is 12.5. The molecule has 0 bridgehead atoms. The molecule has 0 atom stereocenters. The maximum Gasteiger partial charge on any atom is 0.148 e. The van der Waals surface area contributed by atoms with Crippen LogP contribution in [0.15, 0.2) is 134 Å². The molecule has 0 spiro atoms. The van der Waals surface area contributed by atoms with E-state index in [2.05, 4.69) is 196 Å². The molecule has 2 aromatic heterocycles. The van der Waals surface area contributed by atoms with Crippen LogP contribution >= 0.6 is 0 Å². The van der Waals surface area contributed by atoms with Crippen molar-refractivity contribution >= 4 is 11.0 Å². The zero-order valence-corrected chi connectivity index (χ0v) is 40.5. The summed E-state index contributed by atoms with van der Waals surface area (Å²) < 4.78 is 9.17. The second kappa shape index (κ2) is 15.8. The van der Waals surface area contributed by atoms with E-state index >= 15 is 0 Å². The molecule has 0 saturated carbocycles.